The summed E-state index contributed by atoms with van der Waals surface area (Å²) in [5.74, 6) is 0.820. The molecule has 0 unspecified atom stereocenters. The van der Waals surface area contributed by atoms with Crippen molar-refractivity contribution in [3.63, 3.8) is 0 Å². The Labute approximate surface area is 142 Å². The van der Waals surface area contributed by atoms with Crippen molar-refractivity contribution in [1.82, 2.24) is 9.97 Å². The molecule has 0 aliphatic carbocycles. The third-order valence-corrected chi connectivity index (χ3v) is 3.78. The fourth-order valence-corrected chi connectivity index (χ4v) is 2.57. The van der Waals surface area contributed by atoms with E-state index >= 15 is 0 Å². The van der Waals surface area contributed by atoms with Crippen LogP contribution in [0.25, 0.3) is 28.1 Å². The second-order valence-corrected chi connectivity index (χ2v) is 5.39. The number of benzene rings is 2. The van der Waals surface area contributed by atoms with E-state index in [0.29, 0.717) is 0 Å². The van der Waals surface area contributed by atoms with Gasteiger partial charge >= 0.3 is 0 Å². The normalized spacial score (nSPS) is 11.8. The van der Waals surface area contributed by atoms with Crippen LogP contribution in [0.2, 0.25) is 0 Å². The summed E-state index contributed by atoms with van der Waals surface area (Å²) in [6.45, 7) is 5.90. The lowest BCUT2D eigenvalue weighted by Crippen LogP contribution is -1.84. The van der Waals surface area contributed by atoms with Crippen LogP contribution in [-0.4, -0.2) is 9.97 Å². The van der Waals surface area contributed by atoms with Gasteiger partial charge in [0.05, 0.1) is 11.4 Å². The molecule has 0 aliphatic heterocycles. The number of rotatable bonds is 5. The van der Waals surface area contributed by atoms with Crippen molar-refractivity contribution in [3.05, 3.63) is 97.4 Å². The molecule has 2 heteroatoms. The summed E-state index contributed by atoms with van der Waals surface area (Å²) in [5.41, 5.74) is 5.14. The number of hydrogen-bond acceptors (Lipinski definition) is 1. The van der Waals surface area contributed by atoms with E-state index in [2.05, 4.69) is 35.8 Å². The molecule has 2 aromatic carbocycles. The molecule has 118 valence electrons. The Balaban J connectivity index is 2.18. The summed E-state index contributed by atoms with van der Waals surface area (Å²) in [6.07, 6.45) is 7.81. The standard InChI is InChI=1S/C22H20N2/c1-3-5-12-17(4-2)22-23-20(18-13-8-6-9-14-18)21(24-22)19-15-10-7-11-16-19/h3-16H,2H2,1H3,(H,23,24)/b5-3-,17-12+. The van der Waals surface area contributed by atoms with Crippen LogP contribution in [0.1, 0.15) is 12.7 Å². The zero-order valence-electron chi connectivity index (χ0n) is 13.7. The molecule has 0 atom stereocenters. The first kappa shape index (κ1) is 15.8. The Morgan fingerprint density at radius 1 is 0.958 bits per heavy atom. The van der Waals surface area contributed by atoms with Gasteiger partial charge in [-0.05, 0) is 6.92 Å². The predicted molar refractivity (Wildman–Crippen MR) is 102 cm³/mol. The average Bonchev–Trinajstić information content (AvgIpc) is 3.09. The minimum Gasteiger partial charge on any atom is -0.337 e. The molecule has 0 bridgehead atoms. The number of aromatic amines is 1. The summed E-state index contributed by atoms with van der Waals surface area (Å²) >= 11 is 0. The van der Waals surface area contributed by atoms with E-state index in [-0.39, 0.29) is 0 Å². The van der Waals surface area contributed by atoms with Crippen molar-refractivity contribution in [2.75, 3.05) is 0 Å². The molecule has 3 aromatic rings. The highest BCUT2D eigenvalue weighted by atomic mass is 14.9. The first-order valence-electron chi connectivity index (χ1n) is 8.00. The molecule has 3 rings (SSSR count). The van der Waals surface area contributed by atoms with Gasteiger partial charge in [0.1, 0.15) is 5.82 Å². The SMILES string of the molecule is C=C/C(=C\C=C/C)c1nc(-c2ccccc2)c(-c2ccccc2)[nH]1. The zero-order chi connectivity index (χ0) is 16.8. The fraction of sp³-hybridized carbons (Fsp3) is 0.0455. The van der Waals surface area contributed by atoms with Crippen molar-refractivity contribution < 1.29 is 0 Å². The van der Waals surface area contributed by atoms with Crippen LogP contribution in [-0.2, 0) is 0 Å². The summed E-state index contributed by atoms with van der Waals surface area (Å²) < 4.78 is 0. The lowest BCUT2D eigenvalue weighted by atomic mass is 10.1. The molecular weight excluding hydrogens is 292 g/mol. The number of imidazole rings is 1. The van der Waals surface area contributed by atoms with Crippen molar-refractivity contribution in [2.45, 2.75) is 6.92 Å². The molecule has 0 saturated heterocycles. The van der Waals surface area contributed by atoms with Crippen LogP contribution < -0.4 is 0 Å². The summed E-state index contributed by atoms with van der Waals surface area (Å²) in [6, 6.07) is 20.5. The molecule has 0 radical (unpaired) electrons. The van der Waals surface area contributed by atoms with Gasteiger partial charge < -0.3 is 4.98 Å². The summed E-state index contributed by atoms with van der Waals surface area (Å²) in [4.78, 5) is 8.32. The fourth-order valence-electron chi connectivity index (χ4n) is 2.57. The molecule has 0 fully saturated rings. The Morgan fingerprint density at radius 2 is 1.58 bits per heavy atom. The van der Waals surface area contributed by atoms with E-state index in [4.69, 9.17) is 4.98 Å². The zero-order valence-corrected chi connectivity index (χ0v) is 13.7. The van der Waals surface area contributed by atoms with Gasteiger partial charge in [-0.15, -0.1) is 0 Å². The molecule has 24 heavy (non-hydrogen) atoms. The molecule has 1 heterocycles. The van der Waals surface area contributed by atoms with Crippen molar-refractivity contribution in [3.8, 4) is 22.5 Å². The van der Waals surface area contributed by atoms with Gasteiger partial charge in [0.2, 0.25) is 0 Å². The van der Waals surface area contributed by atoms with Crippen LogP contribution >= 0.6 is 0 Å². The smallest absolute Gasteiger partial charge is 0.138 e. The predicted octanol–water partition coefficient (Wildman–Crippen LogP) is 5.89. The summed E-state index contributed by atoms with van der Waals surface area (Å²) in [7, 11) is 0. The van der Waals surface area contributed by atoms with Crippen LogP contribution in [0.4, 0.5) is 0 Å². The monoisotopic (exact) mass is 312 g/mol. The van der Waals surface area contributed by atoms with Gasteiger partial charge in [-0.2, -0.15) is 0 Å². The third-order valence-electron chi connectivity index (χ3n) is 3.78. The van der Waals surface area contributed by atoms with Gasteiger partial charge in [0, 0.05) is 16.7 Å². The van der Waals surface area contributed by atoms with Gasteiger partial charge in [0.25, 0.3) is 0 Å². The maximum Gasteiger partial charge on any atom is 0.138 e. The van der Waals surface area contributed by atoms with Crippen LogP contribution in [0.15, 0.2) is 91.5 Å². The van der Waals surface area contributed by atoms with Crippen molar-refractivity contribution >= 4 is 5.57 Å². The Morgan fingerprint density at radius 3 is 2.17 bits per heavy atom. The van der Waals surface area contributed by atoms with E-state index in [1.54, 1.807) is 0 Å². The number of nitrogens with zero attached hydrogens (tertiary/aromatic N) is 1. The highest BCUT2D eigenvalue weighted by molar-refractivity contribution is 5.82. The number of aromatic nitrogens is 2. The summed E-state index contributed by atoms with van der Waals surface area (Å²) in [5, 5.41) is 0. The molecule has 1 aromatic heterocycles. The highest BCUT2D eigenvalue weighted by Gasteiger charge is 2.14. The first-order chi connectivity index (χ1) is 11.8. The molecular formula is C22H20N2. The van der Waals surface area contributed by atoms with Crippen LogP contribution in [0, 0.1) is 0 Å². The number of nitrogens with one attached hydrogen (secondary N) is 1. The lowest BCUT2D eigenvalue weighted by molar-refractivity contribution is 1.25. The van der Waals surface area contributed by atoms with Crippen molar-refractivity contribution in [2.24, 2.45) is 0 Å². The largest absolute Gasteiger partial charge is 0.337 e. The van der Waals surface area contributed by atoms with Gasteiger partial charge in [0.15, 0.2) is 0 Å². The van der Waals surface area contributed by atoms with Crippen LogP contribution in [0.3, 0.4) is 0 Å². The van der Waals surface area contributed by atoms with Crippen molar-refractivity contribution in [1.29, 1.82) is 0 Å². The third kappa shape index (κ3) is 3.28. The number of H-pyrrole nitrogens is 1. The molecule has 0 aliphatic rings. The molecule has 2 nitrogen and oxygen atoms in total. The average molecular weight is 312 g/mol. The Kier molecular flexibility index (Phi) is 4.87. The topological polar surface area (TPSA) is 28.7 Å². The van der Waals surface area contributed by atoms with E-state index in [1.165, 1.54) is 0 Å². The number of allylic oxidation sites excluding steroid dienone is 5. The molecule has 0 amide bonds. The lowest BCUT2D eigenvalue weighted by Gasteiger charge is -2.02. The first-order valence-corrected chi connectivity index (χ1v) is 8.00. The number of hydrogen-bond donors (Lipinski definition) is 1. The molecule has 0 spiro atoms. The minimum atomic E-state index is 0.820. The quantitative estimate of drug-likeness (QED) is 0.585. The van der Waals surface area contributed by atoms with E-state index in [1.807, 2.05) is 67.6 Å². The second-order valence-electron chi connectivity index (χ2n) is 5.39. The minimum absolute atomic E-state index is 0.820. The highest BCUT2D eigenvalue weighted by Crippen LogP contribution is 2.31. The Hall–Kier alpha value is -3.13. The Bertz CT molecular complexity index is 812. The maximum atomic E-state index is 4.85. The van der Waals surface area contributed by atoms with E-state index in [9.17, 15) is 0 Å². The maximum absolute atomic E-state index is 4.85. The second kappa shape index (κ2) is 7.42. The van der Waals surface area contributed by atoms with Crippen LogP contribution in [0.5, 0.6) is 0 Å². The molecule has 0 saturated carbocycles. The molecule has 1 N–H and O–H groups in total. The van der Waals surface area contributed by atoms with E-state index in [0.717, 1.165) is 33.9 Å². The van der Waals surface area contributed by atoms with Gasteiger partial charge in [-0.3, -0.25) is 0 Å². The van der Waals surface area contributed by atoms with E-state index < -0.39 is 0 Å². The van der Waals surface area contributed by atoms with Gasteiger partial charge in [-0.1, -0.05) is 91.5 Å². The van der Waals surface area contributed by atoms with Gasteiger partial charge in [-0.25, -0.2) is 4.98 Å².